The predicted molar refractivity (Wildman–Crippen MR) is 93.4 cm³/mol. The first-order chi connectivity index (χ1) is 12.5. The zero-order valence-electron chi connectivity index (χ0n) is 13.8. The molecule has 0 aromatic carbocycles. The van der Waals surface area contributed by atoms with Crippen LogP contribution in [0.2, 0.25) is 0 Å². The number of nitrogens with zero attached hydrogens (tertiary/aromatic N) is 3. The zero-order valence-corrected chi connectivity index (χ0v) is 13.8. The standard InChI is InChI=1S/C18H15F2N5O/c1-10-4-12-13(7-22-17(12)21-6-10)11-2-3-25-15(5-11)14(8-24-25)18(26)23-9-16(19)20/h2-8,16H,9H2,1H3,(H,21,22)(H,23,26). The average molecular weight is 355 g/mol. The highest BCUT2D eigenvalue weighted by Crippen LogP contribution is 2.29. The van der Waals surface area contributed by atoms with Crippen LogP contribution < -0.4 is 5.32 Å². The summed E-state index contributed by atoms with van der Waals surface area (Å²) in [6, 6.07) is 5.73. The van der Waals surface area contributed by atoms with Gasteiger partial charge >= 0.3 is 0 Å². The highest BCUT2D eigenvalue weighted by Gasteiger charge is 2.16. The molecule has 0 aliphatic heterocycles. The molecule has 1 amide bonds. The van der Waals surface area contributed by atoms with Crippen LogP contribution in [-0.2, 0) is 0 Å². The van der Waals surface area contributed by atoms with Gasteiger partial charge in [0, 0.05) is 29.5 Å². The number of nitrogens with one attached hydrogen (secondary N) is 2. The Bertz CT molecular complexity index is 1120. The second kappa shape index (κ2) is 6.21. The predicted octanol–water partition coefficient (Wildman–Crippen LogP) is 3.18. The lowest BCUT2D eigenvalue weighted by molar-refractivity contribution is 0.0893. The van der Waals surface area contributed by atoms with E-state index in [1.807, 2.05) is 31.3 Å². The van der Waals surface area contributed by atoms with Crippen molar-refractivity contribution in [1.29, 1.82) is 0 Å². The molecule has 4 aromatic heterocycles. The number of alkyl halides is 2. The van der Waals surface area contributed by atoms with Crippen molar-refractivity contribution in [2.75, 3.05) is 6.54 Å². The molecule has 26 heavy (non-hydrogen) atoms. The van der Waals surface area contributed by atoms with Gasteiger partial charge in [0.2, 0.25) is 0 Å². The van der Waals surface area contributed by atoms with Crippen molar-refractivity contribution in [1.82, 2.24) is 24.9 Å². The smallest absolute Gasteiger partial charge is 0.255 e. The third-order valence-electron chi connectivity index (χ3n) is 4.16. The Kier molecular flexibility index (Phi) is 3.87. The van der Waals surface area contributed by atoms with E-state index in [9.17, 15) is 13.6 Å². The van der Waals surface area contributed by atoms with Crippen molar-refractivity contribution in [3.05, 3.63) is 54.1 Å². The minimum Gasteiger partial charge on any atom is -0.346 e. The molecule has 0 unspecified atom stereocenters. The third-order valence-corrected chi connectivity index (χ3v) is 4.16. The summed E-state index contributed by atoms with van der Waals surface area (Å²) in [5.74, 6) is -0.575. The van der Waals surface area contributed by atoms with E-state index in [0.29, 0.717) is 5.52 Å². The number of aromatic nitrogens is 4. The quantitative estimate of drug-likeness (QED) is 0.590. The number of pyridine rings is 2. The molecule has 0 aliphatic rings. The highest BCUT2D eigenvalue weighted by molar-refractivity contribution is 6.02. The lowest BCUT2D eigenvalue weighted by atomic mass is 10.1. The minimum absolute atomic E-state index is 0.252. The van der Waals surface area contributed by atoms with Crippen molar-refractivity contribution >= 4 is 22.5 Å². The number of amides is 1. The monoisotopic (exact) mass is 355 g/mol. The van der Waals surface area contributed by atoms with Crippen molar-refractivity contribution in [3.63, 3.8) is 0 Å². The van der Waals surface area contributed by atoms with Crippen LogP contribution in [0.1, 0.15) is 15.9 Å². The van der Waals surface area contributed by atoms with Crippen molar-refractivity contribution in [3.8, 4) is 11.1 Å². The molecule has 4 aromatic rings. The molecule has 4 heterocycles. The van der Waals surface area contributed by atoms with Gasteiger partial charge in [-0.1, -0.05) is 0 Å². The normalized spacial score (nSPS) is 11.5. The molecule has 8 heteroatoms. The first-order valence-electron chi connectivity index (χ1n) is 8.01. The van der Waals surface area contributed by atoms with Crippen molar-refractivity contribution in [2.24, 2.45) is 0 Å². The van der Waals surface area contributed by atoms with Gasteiger partial charge in [-0.3, -0.25) is 4.79 Å². The Morgan fingerprint density at radius 2 is 2.19 bits per heavy atom. The molecule has 0 fully saturated rings. The summed E-state index contributed by atoms with van der Waals surface area (Å²) in [6.07, 6.45) is 4.15. The summed E-state index contributed by atoms with van der Waals surface area (Å²) in [4.78, 5) is 19.7. The molecule has 0 radical (unpaired) electrons. The number of carbonyl (C=O) groups is 1. The fourth-order valence-electron chi connectivity index (χ4n) is 2.93. The number of hydrogen-bond donors (Lipinski definition) is 2. The largest absolute Gasteiger partial charge is 0.346 e. The maximum atomic E-state index is 12.3. The Morgan fingerprint density at radius 1 is 1.35 bits per heavy atom. The average Bonchev–Trinajstić information content (AvgIpc) is 3.22. The molecule has 0 atom stereocenters. The molecule has 4 rings (SSSR count). The second-order valence-corrected chi connectivity index (χ2v) is 6.02. The van der Waals surface area contributed by atoms with Crippen LogP contribution in [0.5, 0.6) is 0 Å². The molecule has 132 valence electrons. The van der Waals surface area contributed by atoms with E-state index >= 15 is 0 Å². The molecule has 0 aliphatic carbocycles. The van der Waals surface area contributed by atoms with Gasteiger partial charge in [0.25, 0.3) is 12.3 Å². The molecular weight excluding hydrogens is 340 g/mol. The number of halogens is 2. The zero-order chi connectivity index (χ0) is 18.3. The maximum absolute atomic E-state index is 12.3. The molecular formula is C18H15F2N5O. The van der Waals surface area contributed by atoms with Crippen LogP contribution in [0.4, 0.5) is 8.78 Å². The molecule has 6 nitrogen and oxygen atoms in total. The fourth-order valence-corrected chi connectivity index (χ4v) is 2.93. The van der Waals surface area contributed by atoms with Crippen LogP contribution in [0.3, 0.4) is 0 Å². The van der Waals surface area contributed by atoms with Gasteiger partial charge < -0.3 is 10.3 Å². The third kappa shape index (κ3) is 2.79. The van der Waals surface area contributed by atoms with Gasteiger partial charge in [0.15, 0.2) is 0 Å². The summed E-state index contributed by atoms with van der Waals surface area (Å²) in [5, 5.41) is 7.29. The Balaban J connectivity index is 1.78. The number of aryl methyl sites for hydroxylation is 1. The van der Waals surface area contributed by atoms with Crippen molar-refractivity contribution in [2.45, 2.75) is 13.3 Å². The van der Waals surface area contributed by atoms with Crippen LogP contribution in [0, 0.1) is 6.92 Å². The van der Waals surface area contributed by atoms with Crippen LogP contribution in [-0.4, -0.2) is 38.5 Å². The lowest BCUT2D eigenvalue weighted by Crippen LogP contribution is -2.28. The number of rotatable bonds is 4. The Morgan fingerprint density at radius 3 is 3.00 bits per heavy atom. The molecule has 2 N–H and O–H groups in total. The number of carbonyl (C=O) groups excluding carboxylic acids is 1. The van der Waals surface area contributed by atoms with Gasteiger partial charge in [0.05, 0.1) is 23.8 Å². The fraction of sp³-hybridized carbons (Fsp3) is 0.167. The summed E-state index contributed by atoms with van der Waals surface area (Å²) in [6.45, 7) is 1.28. The summed E-state index contributed by atoms with van der Waals surface area (Å²) >= 11 is 0. The van der Waals surface area contributed by atoms with Gasteiger partial charge in [0.1, 0.15) is 5.65 Å². The van der Waals surface area contributed by atoms with E-state index in [2.05, 4.69) is 20.4 Å². The molecule has 0 spiro atoms. The van der Waals surface area contributed by atoms with E-state index in [0.717, 1.165) is 27.7 Å². The van der Waals surface area contributed by atoms with Crippen LogP contribution >= 0.6 is 0 Å². The summed E-state index contributed by atoms with van der Waals surface area (Å²) < 4.78 is 26.2. The minimum atomic E-state index is -2.60. The Labute approximate surface area is 146 Å². The van der Waals surface area contributed by atoms with Crippen LogP contribution in [0.15, 0.2) is 43.0 Å². The first kappa shape index (κ1) is 16.2. The highest BCUT2D eigenvalue weighted by atomic mass is 19.3. The van der Waals surface area contributed by atoms with E-state index in [4.69, 9.17) is 0 Å². The molecule has 0 bridgehead atoms. The number of aromatic amines is 1. The van der Waals surface area contributed by atoms with E-state index < -0.39 is 18.9 Å². The Hall–Kier alpha value is -3.29. The molecule has 0 saturated heterocycles. The van der Waals surface area contributed by atoms with Gasteiger partial charge in [-0.25, -0.2) is 18.3 Å². The van der Waals surface area contributed by atoms with E-state index in [1.165, 1.54) is 6.20 Å². The van der Waals surface area contributed by atoms with Gasteiger partial charge in [-0.15, -0.1) is 0 Å². The number of fused-ring (bicyclic) bond motifs is 2. The summed E-state index contributed by atoms with van der Waals surface area (Å²) in [5.41, 5.74) is 4.43. The summed E-state index contributed by atoms with van der Waals surface area (Å²) in [7, 11) is 0. The number of H-pyrrole nitrogens is 1. The maximum Gasteiger partial charge on any atom is 0.255 e. The SMILES string of the molecule is Cc1cnc2[nH]cc(-c3ccn4ncc(C(=O)NCC(F)F)c4c3)c2c1. The number of hydrogen-bond acceptors (Lipinski definition) is 3. The first-order valence-corrected chi connectivity index (χ1v) is 8.01. The van der Waals surface area contributed by atoms with Gasteiger partial charge in [-0.2, -0.15) is 5.10 Å². The topological polar surface area (TPSA) is 75.1 Å². The van der Waals surface area contributed by atoms with E-state index in [-0.39, 0.29) is 5.56 Å². The van der Waals surface area contributed by atoms with Crippen LogP contribution in [0.25, 0.3) is 27.7 Å². The molecule has 0 saturated carbocycles. The van der Waals surface area contributed by atoms with Crippen molar-refractivity contribution < 1.29 is 13.6 Å². The second-order valence-electron chi connectivity index (χ2n) is 6.02. The van der Waals surface area contributed by atoms with E-state index in [1.54, 1.807) is 16.9 Å². The lowest BCUT2D eigenvalue weighted by Gasteiger charge is -2.05. The van der Waals surface area contributed by atoms with Gasteiger partial charge in [-0.05, 0) is 36.2 Å².